The Labute approximate surface area is 113 Å². The first-order chi connectivity index (χ1) is 8.95. The molecule has 0 spiro atoms. The smallest absolute Gasteiger partial charge is 0.258 e. The summed E-state index contributed by atoms with van der Waals surface area (Å²) >= 11 is 0. The molecule has 0 atom stereocenters. The number of hydrogen-bond acceptors (Lipinski definition) is 2. The van der Waals surface area contributed by atoms with Gasteiger partial charge in [0.25, 0.3) is 5.91 Å². The summed E-state index contributed by atoms with van der Waals surface area (Å²) in [4.78, 5) is 13.9. The SMILES string of the molecule is CCN(C(=O)C(C)(C)O)c1cccc2ccccc12. The summed E-state index contributed by atoms with van der Waals surface area (Å²) < 4.78 is 0. The number of carbonyl (C=O) groups is 1. The molecule has 100 valence electrons. The van der Waals surface area contributed by atoms with Gasteiger partial charge in [-0.15, -0.1) is 0 Å². The van der Waals surface area contributed by atoms with E-state index < -0.39 is 5.60 Å². The fourth-order valence-corrected chi connectivity index (χ4v) is 2.20. The maximum absolute atomic E-state index is 12.3. The van der Waals surface area contributed by atoms with E-state index in [2.05, 4.69) is 0 Å². The Hall–Kier alpha value is -1.87. The Morgan fingerprint density at radius 2 is 1.79 bits per heavy atom. The number of anilines is 1. The predicted molar refractivity (Wildman–Crippen MR) is 78.3 cm³/mol. The van der Waals surface area contributed by atoms with Crippen LogP contribution in [0.2, 0.25) is 0 Å². The largest absolute Gasteiger partial charge is 0.381 e. The molecular weight excluding hydrogens is 238 g/mol. The average Bonchev–Trinajstić information content (AvgIpc) is 2.38. The number of nitrogens with zero attached hydrogens (tertiary/aromatic N) is 1. The van der Waals surface area contributed by atoms with E-state index in [1.807, 2.05) is 49.4 Å². The molecule has 19 heavy (non-hydrogen) atoms. The maximum atomic E-state index is 12.3. The first-order valence-electron chi connectivity index (χ1n) is 6.47. The molecule has 1 N–H and O–H groups in total. The third kappa shape index (κ3) is 2.61. The van der Waals surface area contributed by atoms with Gasteiger partial charge in [-0.3, -0.25) is 4.79 Å². The van der Waals surface area contributed by atoms with Gasteiger partial charge in [0, 0.05) is 11.9 Å². The lowest BCUT2D eigenvalue weighted by Gasteiger charge is -2.28. The Kier molecular flexibility index (Phi) is 3.58. The van der Waals surface area contributed by atoms with E-state index in [1.54, 1.807) is 4.90 Å². The zero-order valence-electron chi connectivity index (χ0n) is 11.6. The highest BCUT2D eigenvalue weighted by atomic mass is 16.3. The number of hydrogen-bond donors (Lipinski definition) is 1. The van der Waals surface area contributed by atoms with Gasteiger partial charge in [0.1, 0.15) is 5.60 Å². The molecule has 0 aromatic heterocycles. The second kappa shape index (κ2) is 5.02. The average molecular weight is 257 g/mol. The molecule has 0 bridgehead atoms. The molecule has 0 unspecified atom stereocenters. The fraction of sp³-hybridized carbons (Fsp3) is 0.312. The summed E-state index contributed by atoms with van der Waals surface area (Å²) in [5.74, 6) is -0.286. The van der Waals surface area contributed by atoms with Gasteiger partial charge in [-0.25, -0.2) is 0 Å². The number of rotatable bonds is 3. The lowest BCUT2D eigenvalue weighted by atomic mass is 10.0. The van der Waals surface area contributed by atoms with Gasteiger partial charge < -0.3 is 10.0 Å². The zero-order valence-corrected chi connectivity index (χ0v) is 11.6. The maximum Gasteiger partial charge on any atom is 0.258 e. The van der Waals surface area contributed by atoms with Crippen molar-refractivity contribution in [2.24, 2.45) is 0 Å². The van der Waals surface area contributed by atoms with Gasteiger partial charge in [0.15, 0.2) is 0 Å². The van der Waals surface area contributed by atoms with Gasteiger partial charge >= 0.3 is 0 Å². The van der Waals surface area contributed by atoms with Crippen LogP contribution in [0.1, 0.15) is 20.8 Å². The van der Waals surface area contributed by atoms with Crippen LogP contribution in [-0.2, 0) is 4.79 Å². The molecular formula is C16H19NO2. The van der Waals surface area contributed by atoms with E-state index in [-0.39, 0.29) is 5.91 Å². The molecule has 0 radical (unpaired) electrons. The number of likely N-dealkylation sites (N-methyl/N-ethyl adjacent to an activating group) is 1. The van der Waals surface area contributed by atoms with Crippen molar-refractivity contribution in [1.29, 1.82) is 0 Å². The molecule has 0 saturated carbocycles. The monoisotopic (exact) mass is 257 g/mol. The number of aliphatic hydroxyl groups is 1. The Balaban J connectivity index is 2.56. The van der Waals surface area contributed by atoms with Crippen LogP contribution >= 0.6 is 0 Å². The second-order valence-corrected chi connectivity index (χ2v) is 5.11. The molecule has 0 fully saturated rings. The van der Waals surface area contributed by atoms with Crippen molar-refractivity contribution in [2.75, 3.05) is 11.4 Å². The lowest BCUT2D eigenvalue weighted by molar-refractivity contribution is -0.133. The van der Waals surface area contributed by atoms with Crippen LogP contribution in [0.25, 0.3) is 10.8 Å². The van der Waals surface area contributed by atoms with Gasteiger partial charge in [-0.05, 0) is 32.2 Å². The normalized spacial score (nSPS) is 11.6. The van der Waals surface area contributed by atoms with Crippen LogP contribution in [0.5, 0.6) is 0 Å². The van der Waals surface area contributed by atoms with E-state index in [4.69, 9.17) is 0 Å². The molecule has 1 amide bonds. The van der Waals surface area contributed by atoms with Gasteiger partial charge in [-0.1, -0.05) is 36.4 Å². The van der Waals surface area contributed by atoms with E-state index >= 15 is 0 Å². The third-order valence-electron chi connectivity index (χ3n) is 3.14. The highest BCUT2D eigenvalue weighted by molar-refractivity contribution is 6.06. The molecule has 0 aliphatic rings. The fourth-order valence-electron chi connectivity index (χ4n) is 2.20. The number of benzene rings is 2. The molecule has 0 aliphatic heterocycles. The molecule has 0 aliphatic carbocycles. The Bertz CT molecular complexity index is 594. The molecule has 2 rings (SSSR count). The minimum Gasteiger partial charge on any atom is -0.381 e. The number of carbonyl (C=O) groups excluding carboxylic acids is 1. The van der Waals surface area contributed by atoms with Crippen LogP contribution in [0, 0.1) is 0 Å². The minimum absolute atomic E-state index is 0.286. The number of fused-ring (bicyclic) bond motifs is 1. The molecule has 3 nitrogen and oxygen atoms in total. The molecule has 2 aromatic rings. The van der Waals surface area contributed by atoms with Crippen LogP contribution in [0.15, 0.2) is 42.5 Å². The molecule has 2 aromatic carbocycles. The third-order valence-corrected chi connectivity index (χ3v) is 3.14. The van der Waals surface area contributed by atoms with Crippen molar-refractivity contribution in [1.82, 2.24) is 0 Å². The van der Waals surface area contributed by atoms with Crippen LogP contribution in [-0.4, -0.2) is 23.2 Å². The van der Waals surface area contributed by atoms with E-state index in [1.165, 1.54) is 13.8 Å². The van der Waals surface area contributed by atoms with Crippen molar-refractivity contribution >= 4 is 22.4 Å². The Morgan fingerprint density at radius 1 is 1.16 bits per heavy atom. The van der Waals surface area contributed by atoms with Gasteiger partial charge in [0.2, 0.25) is 0 Å². The first-order valence-corrected chi connectivity index (χ1v) is 6.47. The zero-order chi connectivity index (χ0) is 14.0. The lowest BCUT2D eigenvalue weighted by Crippen LogP contribution is -2.45. The number of amides is 1. The summed E-state index contributed by atoms with van der Waals surface area (Å²) in [7, 11) is 0. The van der Waals surface area contributed by atoms with Crippen LogP contribution in [0.4, 0.5) is 5.69 Å². The minimum atomic E-state index is -1.37. The highest BCUT2D eigenvalue weighted by Gasteiger charge is 2.30. The van der Waals surface area contributed by atoms with E-state index in [0.717, 1.165) is 16.5 Å². The van der Waals surface area contributed by atoms with Crippen molar-refractivity contribution in [3.05, 3.63) is 42.5 Å². The summed E-state index contributed by atoms with van der Waals surface area (Å²) in [5.41, 5.74) is -0.528. The molecule has 0 saturated heterocycles. The Morgan fingerprint density at radius 3 is 2.42 bits per heavy atom. The molecule has 3 heteroatoms. The van der Waals surface area contributed by atoms with Crippen molar-refractivity contribution in [3.8, 4) is 0 Å². The van der Waals surface area contributed by atoms with Crippen LogP contribution in [0.3, 0.4) is 0 Å². The van der Waals surface area contributed by atoms with E-state index in [9.17, 15) is 9.90 Å². The summed E-state index contributed by atoms with van der Waals surface area (Å²) in [6.45, 7) is 5.47. The van der Waals surface area contributed by atoms with Crippen LogP contribution < -0.4 is 4.90 Å². The topological polar surface area (TPSA) is 40.5 Å². The standard InChI is InChI=1S/C16H19NO2/c1-4-17(15(18)16(2,3)19)14-11-7-9-12-8-5-6-10-13(12)14/h5-11,19H,4H2,1-3H3. The highest BCUT2D eigenvalue weighted by Crippen LogP contribution is 2.28. The summed E-state index contributed by atoms with van der Waals surface area (Å²) in [6, 6.07) is 13.8. The predicted octanol–water partition coefficient (Wildman–Crippen LogP) is 2.96. The van der Waals surface area contributed by atoms with E-state index in [0.29, 0.717) is 6.54 Å². The van der Waals surface area contributed by atoms with Crippen molar-refractivity contribution in [2.45, 2.75) is 26.4 Å². The summed E-state index contributed by atoms with van der Waals surface area (Å²) in [5, 5.41) is 12.0. The first kappa shape index (κ1) is 13.6. The van der Waals surface area contributed by atoms with Gasteiger partial charge in [-0.2, -0.15) is 0 Å². The van der Waals surface area contributed by atoms with Gasteiger partial charge in [0.05, 0.1) is 5.69 Å². The quantitative estimate of drug-likeness (QED) is 0.918. The summed E-state index contributed by atoms with van der Waals surface area (Å²) in [6.07, 6.45) is 0. The van der Waals surface area contributed by atoms with Crippen molar-refractivity contribution < 1.29 is 9.90 Å². The second-order valence-electron chi connectivity index (χ2n) is 5.11. The molecule has 0 heterocycles. The van der Waals surface area contributed by atoms with Crippen molar-refractivity contribution in [3.63, 3.8) is 0 Å².